The molecule has 0 radical (unpaired) electrons. The van der Waals surface area contributed by atoms with Gasteiger partial charge in [0.15, 0.2) is 0 Å². The first-order valence-corrected chi connectivity index (χ1v) is 7.24. The van der Waals surface area contributed by atoms with Gasteiger partial charge in [-0.1, -0.05) is 27.7 Å². The van der Waals surface area contributed by atoms with Crippen molar-refractivity contribution in [2.24, 2.45) is 17.8 Å². The van der Waals surface area contributed by atoms with E-state index in [1.165, 1.54) is 0 Å². The Kier molecular flexibility index (Phi) is 5.99. The van der Waals surface area contributed by atoms with Crippen LogP contribution in [-0.2, 0) is 0 Å². The van der Waals surface area contributed by atoms with Gasteiger partial charge in [-0.3, -0.25) is 4.79 Å². The predicted octanol–water partition coefficient (Wildman–Crippen LogP) is 2.81. The molecule has 1 aromatic heterocycles. The first kappa shape index (κ1) is 16.5. The number of carbonyl (C=O) groups is 1. The van der Waals surface area contributed by atoms with Gasteiger partial charge >= 0.3 is 0 Å². The summed E-state index contributed by atoms with van der Waals surface area (Å²) in [5.74, 6) is 2.38. The van der Waals surface area contributed by atoms with E-state index in [1.807, 2.05) is 25.1 Å². The molecule has 0 saturated carbocycles. The predicted molar refractivity (Wildman–Crippen MR) is 84.1 cm³/mol. The molecule has 0 aliphatic carbocycles. The summed E-state index contributed by atoms with van der Waals surface area (Å²) in [4.78, 5) is 18.3. The molecule has 0 aliphatic heterocycles. The van der Waals surface area contributed by atoms with Crippen LogP contribution in [-0.4, -0.2) is 31.5 Å². The molecular formula is C16H27N3O. The van der Waals surface area contributed by atoms with Crippen LogP contribution < -0.4 is 10.2 Å². The number of nitrogens with zero attached hydrogens (tertiary/aromatic N) is 2. The molecule has 1 amide bonds. The Morgan fingerprint density at radius 2 is 1.85 bits per heavy atom. The summed E-state index contributed by atoms with van der Waals surface area (Å²) in [6, 6.07) is 3.57. The summed E-state index contributed by atoms with van der Waals surface area (Å²) < 4.78 is 0. The Labute approximate surface area is 122 Å². The molecule has 0 atom stereocenters. The van der Waals surface area contributed by atoms with Crippen LogP contribution in [0.5, 0.6) is 0 Å². The summed E-state index contributed by atoms with van der Waals surface area (Å²) >= 11 is 0. The van der Waals surface area contributed by atoms with Crippen LogP contribution in [0.15, 0.2) is 18.3 Å². The molecule has 1 rings (SSSR count). The van der Waals surface area contributed by atoms with E-state index in [4.69, 9.17) is 0 Å². The third-order valence-electron chi connectivity index (χ3n) is 3.68. The van der Waals surface area contributed by atoms with Crippen LogP contribution in [0, 0.1) is 17.8 Å². The van der Waals surface area contributed by atoms with Crippen molar-refractivity contribution in [1.29, 1.82) is 0 Å². The third-order valence-corrected chi connectivity index (χ3v) is 3.68. The van der Waals surface area contributed by atoms with Crippen molar-refractivity contribution in [2.75, 3.05) is 25.5 Å². The lowest BCUT2D eigenvalue weighted by molar-refractivity contribution is 0.0937. The lowest BCUT2D eigenvalue weighted by atomic mass is 9.85. The highest BCUT2D eigenvalue weighted by atomic mass is 16.1. The fourth-order valence-electron chi connectivity index (χ4n) is 2.36. The third kappa shape index (κ3) is 4.51. The molecule has 0 aliphatic rings. The maximum absolute atomic E-state index is 12.2. The average molecular weight is 277 g/mol. The highest BCUT2D eigenvalue weighted by Gasteiger charge is 2.18. The van der Waals surface area contributed by atoms with Gasteiger partial charge in [-0.15, -0.1) is 0 Å². The topological polar surface area (TPSA) is 45.2 Å². The van der Waals surface area contributed by atoms with Crippen molar-refractivity contribution in [2.45, 2.75) is 27.7 Å². The Morgan fingerprint density at radius 1 is 1.25 bits per heavy atom. The van der Waals surface area contributed by atoms with Gasteiger partial charge < -0.3 is 10.2 Å². The van der Waals surface area contributed by atoms with Gasteiger partial charge in [0, 0.05) is 32.4 Å². The van der Waals surface area contributed by atoms with E-state index in [1.54, 1.807) is 12.3 Å². The molecule has 0 spiro atoms. The molecule has 0 saturated heterocycles. The largest absolute Gasteiger partial charge is 0.363 e. The van der Waals surface area contributed by atoms with Gasteiger partial charge in [0.2, 0.25) is 0 Å². The first-order chi connectivity index (χ1) is 9.32. The van der Waals surface area contributed by atoms with Gasteiger partial charge in [-0.25, -0.2) is 4.98 Å². The number of hydrogen-bond acceptors (Lipinski definition) is 3. The number of hydrogen-bond donors (Lipinski definition) is 1. The first-order valence-electron chi connectivity index (χ1n) is 7.24. The quantitative estimate of drug-likeness (QED) is 0.869. The molecule has 1 N–H and O–H groups in total. The van der Waals surface area contributed by atoms with Crippen LogP contribution in [0.3, 0.4) is 0 Å². The monoisotopic (exact) mass is 277 g/mol. The molecule has 0 aromatic carbocycles. The Balaban J connectivity index is 2.69. The SMILES string of the molecule is CC(C)C(CNC(=O)c1ccnc(N(C)C)c1)C(C)C. The Morgan fingerprint density at radius 3 is 2.35 bits per heavy atom. The van der Waals surface area contributed by atoms with Crippen LogP contribution in [0.1, 0.15) is 38.1 Å². The number of aromatic nitrogens is 1. The summed E-state index contributed by atoms with van der Waals surface area (Å²) in [7, 11) is 3.83. The molecule has 0 bridgehead atoms. The van der Waals surface area contributed by atoms with E-state index >= 15 is 0 Å². The van der Waals surface area contributed by atoms with Crippen LogP contribution in [0.4, 0.5) is 5.82 Å². The smallest absolute Gasteiger partial charge is 0.251 e. The van der Waals surface area contributed by atoms with Crippen LogP contribution >= 0.6 is 0 Å². The minimum absolute atomic E-state index is 0.0261. The minimum atomic E-state index is -0.0261. The highest BCUT2D eigenvalue weighted by Crippen LogP contribution is 2.19. The number of pyridine rings is 1. The summed E-state index contributed by atoms with van der Waals surface area (Å²) in [6.07, 6.45) is 1.67. The lowest BCUT2D eigenvalue weighted by Crippen LogP contribution is -2.34. The van der Waals surface area contributed by atoms with E-state index in [0.717, 1.165) is 5.82 Å². The normalized spacial score (nSPS) is 11.2. The number of nitrogens with one attached hydrogen (secondary N) is 1. The number of anilines is 1. The summed E-state index contributed by atoms with van der Waals surface area (Å²) in [5, 5.41) is 3.04. The van der Waals surface area contributed by atoms with Crippen molar-refractivity contribution in [3.8, 4) is 0 Å². The Bertz CT molecular complexity index is 433. The molecule has 4 nitrogen and oxygen atoms in total. The van der Waals surface area contributed by atoms with Gasteiger partial charge in [0.1, 0.15) is 5.82 Å². The van der Waals surface area contributed by atoms with Gasteiger partial charge in [0.25, 0.3) is 5.91 Å². The second-order valence-electron chi connectivity index (χ2n) is 6.16. The highest BCUT2D eigenvalue weighted by molar-refractivity contribution is 5.94. The maximum atomic E-state index is 12.2. The summed E-state index contributed by atoms with van der Waals surface area (Å²) in [5.41, 5.74) is 0.662. The molecule has 0 fully saturated rings. The molecule has 1 aromatic rings. The van der Waals surface area contributed by atoms with E-state index in [2.05, 4.69) is 38.0 Å². The van der Waals surface area contributed by atoms with E-state index in [0.29, 0.717) is 29.9 Å². The second kappa shape index (κ2) is 7.27. The number of rotatable bonds is 6. The fraction of sp³-hybridized carbons (Fsp3) is 0.625. The molecule has 1 heterocycles. The van der Waals surface area contributed by atoms with Gasteiger partial charge in [-0.2, -0.15) is 0 Å². The van der Waals surface area contributed by atoms with Gasteiger partial charge in [0.05, 0.1) is 0 Å². The minimum Gasteiger partial charge on any atom is -0.363 e. The van der Waals surface area contributed by atoms with E-state index < -0.39 is 0 Å². The standard InChI is InChI=1S/C16H27N3O/c1-11(2)14(12(3)4)10-18-16(20)13-7-8-17-15(9-13)19(5)6/h7-9,11-12,14H,10H2,1-6H3,(H,18,20). The van der Waals surface area contributed by atoms with Gasteiger partial charge in [-0.05, 0) is 29.9 Å². The van der Waals surface area contributed by atoms with Crippen LogP contribution in [0.2, 0.25) is 0 Å². The number of carbonyl (C=O) groups excluding carboxylic acids is 1. The fourth-order valence-corrected chi connectivity index (χ4v) is 2.36. The maximum Gasteiger partial charge on any atom is 0.251 e. The Hall–Kier alpha value is -1.58. The van der Waals surface area contributed by atoms with E-state index in [9.17, 15) is 4.79 Å². The molecule has 20 heavy (non-hydrogen) atoms. The van der Waals surface area contributed by atoms with Crippen molar-refractivity contribution >= 4 is 11.7 Å². The second-order valence-corrected chi connectivity index (χ2v) is 6.16. The number of amides is 1. The van der Waals surface area contributed by atoms with Crippen molar-refractivity contribution < 1.29 is 4.79 Å². The molecule has 0 unspecified atom stereocenters. The zero-order valence-corrected chi connectivity index (χ0v) is 13.5. The van der Waals surface area contributed by atoms with E-state index in [-0.39, 0.29) is 5.91 Å². The molecular weight excluding hydrogens is 250 g/mol. The molecule has 4 heteroatoms. The zero-order chi connectivity index (χ0) is 15.3. The van der Waals surface area contributed by atoms with Crippen molar-refractivity contribution in [3.05, 3.63) is 23.9 Å². The zero-order valence-electron chi connectivity index (χ0n) is 13.5. The molecule has 112 valence electrons. The lowest BCUT2D eigenvalue weighted by Gasteiger charge is -2.25. The summed E-state index contributed by atoms with van der Waals surface area (Å²) in [6.45, 7) is 9.52. The van der Waals surface area contributed by atoms with Crippen LogP contribution in [0.25, 0.3) is 0 Å². The average Bonchev–Trinajstić information content (AvgIpc) is 2.38. The van der Waals surface area contributed by atoms with Crippen molar-refractivity contribution in [1.82, 2.24) is 10.3 Å². The van der Waals surface area contributed by atoms with Crippen molar-refractivity contribution in [3.63, 3.8) is 0 Å².